The van der Waals surface area contributed by atoms with Gasteiger partial charge in [0.05, 0.1) is 29.3 Å². The maximum absolute atomic E-state index is 11.7. The predicted octanol–water partition coefficient (Wildman–Crippen LogP) is 0.605. The van der Waals surface area contributed by atoms with E-state index in [1.807, 2.05) is 0 Å². The molecule has 6 heteroatoms. The fourth-order valence-corrected chi connectivity index (χ4v) is 1.16. The van der Waals surface area contributed by atoms with Gasteiger partial charge in [-0.15, -0.1) is 0 Å². The lowest BCUT2D eigenvalue weighted by Gasteiger charge is -2.06. The van der Waals surface area contributed by atoms with Gasteiger partial charge in [0.25, 0.3) is 5.91 Å². The molecule has 0 radical (unpaired) electrons. The third-order valence-electron chi connectivity index (χ3n) is 1.99. The zero-order chi connectivity index (χ0) is 12.7. The van der Waals surface area contributed by atoms with E-state index in [0.717, 1.165) is 5.69 Å². The van der Waals surface area contributed by atoms with Crippen molar-refractivity contribution in [3.63, 3.8) is 0 Å². The first-order valence-corrected chi connectivity index (χ1v) is 4.99. The summed E-state index contributed by atoms with van der Waals surface area (Å²) in [7, 11) is 3.34. The van der Waals surface area contributed by atoms with Gasteiger partial charge in [-0.05, 0) is 6.07 Å². The molecule has 1 rings (SSSR count). The number of hydrogen-bond acceptors (Lipinski definition) is 5. The van der Waals surface area contributed by atoms with Crippen molar-refractivity contribution in [2.24, 2.45) is 10.7 Å². The molecule has 17 heavy (non-hydrogen) atoms. The SMILES string of the molecule is CN=C/C(=C\N)C(=O)Nc1cncc(NC)c1. The third kappa shape index (κ3) is 3.60. The minimum absolute atomic E-state index is 0.294. The van der Waals surface area contributed by atoms with Gasteiger partial charge in [-0.3, -0.25) is 14.8 Å². The largest absolute Gasteiger partial charge is 0.404 e. The van der Waals surface area contributed by atoms with E-state index in [2.05, 4.69) is 20.6 Å². The molecule has 1 aromatic rings. The molecule has 90 valence electrons. The molecule has 6 nitrogen and oxygen atoms in total. The summed E-state index contributed by atoms with van der Waals surface area (Å²) in [6, 6.07) is 1.77. The normalized spacial score (nSPS) is 11.5. The van der Waals surface area contributed by atoms with Crippen LogP contribution in [0.3, 0.4) is 0 Å². The van der Waals surface area contributed by atoms with Gasteiger partial charge >= 0.3 is 0 Å². The summed E-state index contributed by atoms with van der Waals surface area (Å²) in [4.78, 5) is 19.5. The van der Waals surface area contributed by atoms with Crippen LogP contribution in [0.4, 0.5) is 11.4 Å². The number of nitrogens with two attached hydrogens (primary N) is 1. The second kappa shape index (κ2) is 6.26. The van der Waals surface area contributed by atoms with Crippen molar-refractivity contribution < 1.29 is 4.79 Å². The average Bonchev–Trinajstić information content (AvgIpc) is 2.36. The van der Waals surface area contributed by atoms with Gasteiger partial charge in [0.2, 0.25) is 0 Å². The molecule has 1 aromatic heterocycles. The summed E-state index contributed by atoms with van der Waals surface area (Å²) in [6.07, 6.45) is 5.81. The van der Waals surface area contributed by atoms with Crippen molar-refractivity contribution in [1.29, 1.82) is 0 Å². The van der Waals surface area contributed by atoms with Crippen LogP contribution in [-0.4, -0.2) is 31.2 Å². The number of carbonyl (C=O) groups excluding carboxylic acids is 1. The standard InChI is InChI=1S/C11H15N5O/c1-13-5-8(4-12)11(17)16-10-3-9(14-2)6-15-7-10/h3-7,14H,12H2,1-2H3,(H,16,17)/b8-4+,13-5?. The molecule has 0 aliphatic heterocycles. The molecule has 0 bridgehead atoms. The van der Waals surface area contributed by atoms with Gasteiger partial charge in [0.15, 0.2) is 0 Å². The van der Waals surface area contributed by atoms with E-state index >= 15 is 0 Å². The van der Waals surface area contributed by atoms with Crippen LogP contribution in [-0.2, 0) is 4.79 Å². The number of hydrogen-bond donors (Lipinski definition) is 3. The Morgan fingerprint density at radius 1 is 1.47 bits per heavy atom. The smallest absolute Gasteiger partial charge is 0.258 e. The van der Waals surface area contributed by atoms with Crippen LogP contribution in [0.1, 0.15) is 0 Å². The first kappa shape index (κ1) is 12.7. The Morgan fingerprint density at radius 2 is 2.18 bits per heavy atom. The molecule has 1 amide bonds. The number of nitrogens with zero attached hydrogens (tertiary/aromatic N) is 2. The number of rotatable bonds is 4. The highest BCUT2D eigenvalue weighted by molar-refractivity contribution is 6.17. The van der Waals surface area contributed by atoms with Crippen LogP contribution < -0.4 is 16.4 Å². The fraction of sp³-hybridized carbons (Fsp3) is 0.182. The molecule has 0 aliphatic rings. The van der Waals surface area contributed by atoms with Crippen molar-refractivity contribution in [1.82, 2.24) is 4.98 Å². The number of nitrogens with one attached hydrogen (secondary N) is 2. The van der Waals surface area contributed by atoms with Crippen molar-refractivity contribution in [3.8, 4) is 0 Å². The first-order valence-electron chi connectivity index (χ1n) is 4.99. The van der Waals surface area contributed by atoms with Crippen molar-refractivity contribution >= 4 is 23.5 Å². The predicted molar refractivity (Wildman–Crippen MR) is 69.1 cm³/mol. The highest BCUT2D eigenvalue weighted by Gasteiger charge is 2.07. The monoisotopic (exact) mass is 233 g/mol. The quantitative estimate of drug-likeness (QED) is 0.524. The minimum Gasteiger partial charge on any atom is -0.404 e. The minimum atomic E-state index is -0.326. The molecule has 0 aliphatic carbocycles. The van der Waals surface area contributed by atoms with E-state index in [0.29, 0.717) is 11.3 Å². The third-order valence-corrected chi connectivity index (χ3v) is 1.99. The van der Waals surface area contributed by atoms with Gasteiger partial charge in [0, 0.05) is 26.5 Å². The molecule has 0 unspecified atom stereocenters. The van der Waals surface area contributed by atoms with Crippen molar-refractivity contribution in [2.75, 3.05) is 24.7 Å². The molecule has 0 saturated heterocycles. The Hall–Kier alpha value is -2.37. The molecule has 0 atom stereocenters. The molecule has 1 heterocycles. The summed E-state index contributed by atoms with van der Waals surface area (Å²) in [5.41, 5.74) is 7.02. The molecule has 0 spiro atoms. The van der Waals surface area contributed by atoms with E-state index in [1.165, 1.54) is 12.4 Å². The average molecular weight is 233 g/mol. The maximum Gasteiger partial charge on any atom is 0.258 e. The number of aliphatic imine (C=N–C) groups is 1. The van der Waals surface area contributed by atoms with Crippen LogP contribution in [0, 0.1) is 0 Å². The number of pyridine rings is 1. The van der Waals surface area contributed by atoms with Crippen LogP contribution >= 0.6 is 0 Å². The van der Waals surface area contributed by atoms with E-state index < -0.39 is 0 Å². The van der Waals surface area contributed by atoms with Crippen LogP contribution in [0.5, 0.6) is 0 Å². The summed E-state index contributed by atoms with van der Waals surface area (Å²) < 4.78 is 0. The topological polar surface area (TPSA) is 92.4 Å². The lowest BCUT2D eigenvalue weighted by Crippen LogP contribution is -2.16. The van der Waals surface area contributed by atoms with Crippen molar-refractivity contribution in [2.45, 2.75) is 0 Å². The summed E-state index contributed by atoms with van der Waals surface area (Å²) in [6.45, 7) is 0. The molecule has 0 saturated carbocycles. The molecular formula is C11H15N5O. The highest BCUT2D eigenvalue weighted by Crippen LogP contribution is 2.12. The number of amides is 1. The number of carbonyl (C=O) groups is 1. The number of aromatic nitrogens is 1. The highest BCUT2D eigenvalue weighted by atomic mass is 16.1. The van der Waals surface area contributed by atoms with Gasteiger partial charge in [0.1, 0.15) is 0 Å². The zero-order valence-corrected chi connectivity index (χ0v) is 9.77. The van der Waals surface area contributed by atoms with E-state index in [4.69, 9.17) is 5.73 Å². The van der Waals surface area contributed by atoms with Crippen LogP contribution in [0.2, 0.25) is 0 Å². The Labute approximate surface area is 99.6 Å². The Balaban J connectivity index is 2.80. The second-order valence-corrected chi connectivity index (χ2v) is 3.18. The Kier molecular flexibility index (Phi) is 4.68. The maximum atomic E-state index is 11.7. The van der Waals surface area contributed by atoms with Gasteiger partial charge in [-0.2, -0.15) is 0 Å². The second-order valence-electron chi connectivity index (χ2n) is 3.18. The lowest BCUT2D eigenvalue weighted by atomic mass is 10.2. The first-order chi connectivity index (χ1) is 8.21. The van der Waals surface area contributed by atoms with E-state index in [9.17, 15) is 4.79 Å². The van der Waals surface area contributed by atoms with Crippen LogP contribution in [0.25, 0.3) is 0 Å². The molecule has 0 fully saturated rings. The Morgan fingerprint density at radius 3 is 2.76 bits per heavy atom. The fourth-order valence-electron chi connectivity index (χ4n) is 1.16. The molecule has 0 aromatic carbocycles. The van der Waals surface area contributed by atoms with Gasteiger partial charge < -0.3 is 16.4 Å². The zero-order valence-electron chi connectivity index (χ0n) is 9.77. The van der Waals surface area contributed by atoms with E-state index in [1.54, 1.807) is 32.6 Å². The van der Waals surface area contributed by atoms with Crippen LogP contribution in [0.15, 0.2) is 35.2 Å². The number of anilines is 2. The summed E-state index contributed by atoms with van der Waals surface area (Å²) >= 11 is 0. The molecule has 4 N–H and O–H groups in total. The molecular weight excluding hydrogens is 218 g/mol. The van der Waals surface area contributed by atoms with E-state index in [-0.39, 0.29) is 5.91 Å². The van der Waals surface area contributed by atoms with Gasteiger partial charge in [-0.25, -0.2) is 0 Å². The van der Waals surface area contributed by atoms with Gasteiger partial charge in [-0.1, -0.05) is 0 Å². The van der Waals surface area contributed by atoms with Crippen molar-refractivity contribution in [3.05, 3.63) is 30.2 Å². The summed E-state index contributed by atoms with van der Waals surface area (Å²) in [5, 5.41) is 5.60. The summed E-state index contributed by atoms with van der Waals surface area (Å²) in [5.74, 6) is -0.326. The lowest BCUT2D eigenvalue weighted by molar-refractivity contribution is -0.112. The Bertz CT molecular complexity index is 453.